The van der Waals surface area contributed by atoms with E-state index in [1.807, 2.05) is 0 Å². The number of nitrogens with two attached hydrogens (primary N) is 1. The van der Waals surface area contributed by atoms with Crippen LogP contribution in [0.1, 0.15) is 12.8 Å². The van der Waals surface area contributed by atoms with E-state index in [4.69, 9.17) is 16.8 Å². The molecule has 0 unspecified atom stereocenters. The van der Waals surface area contributed by atoms with Crippen LogP contribution in [0.5, 0.6) is 0 Å². The van der Waals surface area contributed by atoms with Crippen LogP contribution in [0.15, 0.2) is 10.2 Å². The van der Waals surface area contributed by atoms with Gasteiger partial charge in [-0.05, 0) is 27.7 Å². The lowest BCUT2D eigenvalue weighted by atomic mass is 10.1. The minimum Gasteiger partial charge on any atom is -0.321 e. The SMILES string of the molecule is [N-]=[N+]=NC(=O)CC[C@H](N)C(=O)N=[N+]=[N-]. The van der Waals surface area contributed by atoms with Gasteiger partial charge in [0.1, 0.15) is 0 Å². The fourth-order valence-electron chi connectivity index (χ4n) is 0.621. The minimum absolute atomic E-state index is 0.0181. The van der Waals surface area contributed by atoms with Gasteiger partial charge in [0.2, 0.25) is 11.8 Å². The van der Waals surface area contributed by atoms with Crippen molar-refractivity contribution < 1.29 is 9.59 Å². The Morgan fingerprint density at radius 2 is 1.86 bits per heavy atom. The molecule has 0 heterocycles. The first-order valence-electron chi connectivity index (χ1n) is 3.54. The Morgan fingerprint density at radius 1 is 1.29 bits per heavy atom. The standard InChI is InChI=1S/C5H7N7O2/c6-3(5(14)10-12-8)1-2-4(13)9-11-7/h3H,1-2,6H2/t3-/m0/s1. The average Bonchev–Trinajstić information content (AvgIpc) is 2.15. The molecule has 0 radical (unpaired) electrons. The highest BCUT2D eigenvalue weighted by molar-refractivity contribution is 5.83. The van der Waals surface area contributed by atoms with Crippen molar-refractivity contribution in [2.45, 2.75) is 18.9 Å². The molecular formula is C5H7N7O2. The molecule has 0 aromatic heterocycles. The minimum atomic E-state index is -1.04. The van der Waals surface area contributed by atoms with E-state index in [-0.39, 0.29) is 12.8 Å². The fraction of sp³-hybridized carbons (Fsp3) is 0.600. The van der Waals surface area contributed by atoms with Gasteiger partial charge in [0.25, 0.3) is 0 Å². The van der Waals surface area contributed by atoms with Crippen molar-refractivity contribution in [1.29, 1.82) is 0 Å². The van der Waals surface area contributed by atoms with E-state index in [1.54, 1.807) is 0 Å². The van der Waals surface area contributed by atoms with Gasteiger partial charge >= 0.3 is 0 Å². The largest absolute Gasteiger partial charge is 0.321 e. The van der Waals surface area contributed by atoms with Gasteiger partial charge in [-0.25, -0.2) is 0 Å². The summed E-state index contributed by atoms with van der Waals surface area (Å²) in [5, 5.41) is 5.52. The van der Waals surface area contributed by atoms with Crippen molar-refractivity contribution in [1.82, 2.24) is 0 Å². The number of rotatable bonds is 4. The van der Waals surface area contributed by atoms with Crippen molar-refractivity contribution in [2.75, 3.05) is 0 Å². The van der Waals surface area contributed by atoms with Gasteiger partial charge < -0.3 is 5.73 Å². The molecule has 14 heavy (non-hydrogen) atoms. The van der Waals surface area contributed by atoms with Gasteiger partial charge in [-0.15, -0.1) is 0 Å². The summed E-state index contributed by atoms with van der Waals surface area (Å²) >= 11 is 0. The molecule has 0 bridgehead atoms. The molecule has 0 rings (SSSR count). The summed E-state index contributed by atoms with van der Waals surface area (Å²) in [7, 11) is 0. The summed E-state index contributed by atoms with van der Waals surface area (Å²) in [4.78, 5) is 25.9. The molecule has 0 aliphatic rings. The lowest BCUT2D eigenvalue weighted by Gasteiger charge is -2.03. The summed E-state index contributed by atoms with van der Waals surface area (Å²) in [5.74, 6) is -1.56. The Hall–Kier alpha value is -2.08. The van der Waals surface area contributed by atoms with Gasteiger partial charge in [0, 0.05) is 16.2 Å². The molecule has 74 valence electrons. The van der Waals surface area contributed by atoms with E-state index < -0.39 is 17.9 Å². The number of hydrogen-bond acceptors (Lipinski definition) is 3. The molecule has 2 amide bonds. The lowest BCUT2D eigenvalue weighted by molar-refractivity contribution is -0.120. The van der Waals surface area contributed by atoms with Gasteiger partial charge in [-0.3, -0.25) is 9.59 Å². The average molecular weight is 197 g/mol. The quantitative estimate of drug-likeness (QED) is 0.401. The van der Waals surface area contributed by atoms with Crippen LogP contribution in [0.2, 0.25) is 0 Å². The van der Waals surface area contributed by atoms with Gasteiger partial charge in [-0.1, -0.05) is 0 Å². The van der Waals surface area contributed by atoms with E-state index in [1.165, 1.54) is 0 Å². The number of carbonyl (C=O) groups excluding carboxylic acids is 2. The molecule has 1 atom stereocenters. The topological polar surface area (TPSA) is 158 Å². The molecule has 0 saturated heterocycles. The Kier molecular flexibility index (Phi) is 5.48. The van der Waals surface area contributed by atoms with Crippen LogP contribution in [0.3, 0.4) is 0 Å². The molecule has 0 aliphatic carbocycles. The third-order valence-corrected chi connectivity index (χ3v) is 1.29. The third-order valence-electron chi connectivity index (χ3n) is 1.29. The van der Waals surface area contributed by atoms with Crippen LogP contribution in [0.25, 0.3) is 20.9 Å². The van der Waals surface area contributed by atoms with Gasteiger partial charge in [0.05, 0.1) is 6.04 Å². The first-order valence-corrected chi connectivity index (χ1v) is 3.54. The number of azide groups is 2. The summed E-state index contributed by atoms with van der Waals surface area (Å²) in [5.41, 5.74) is 21.0. The van der Waals surface area contributed by atoms with Crippen molar-refractivity contribution in [2.24, 2.45) is 16.0 Å². The zero-order chi connectivity index (χ0) is 11.0. The molecule has 0 aromatic carbocycles. The Bertz CT molecular complexity index is 325. The summed E-state index contributed by atoms with van der Waals surface area (Å²) in [6.07, 6.45) is -0.173. The monoisotopic (exact) mass is 197 g/mol. The number of hydrogen-bond donors (Lipinski definition) is 1. The van der Waals surface area contributed by atoms with Crippen LogP contribution in [0, 0.1) is 0 Å². The highest BCUT2D eigenvalue weighted by Gasteiger charge is 2.12. The zero-order valence-electron chi connectivity index (χ0n) is 7.07. The molecule has 2 N–H and O–H groups in total. The number of nitrogens with zero attached hydrogens (tertiary/aromatic N) is 6. The first-order chi connectivity index (χ1) is 6.61. The second kappa shape index (κ2) is 6.44. The fourth-order valence-corrected chi connectivity index (χ4v) is 0.621. The van der Waals surface area contributed by atoms with Crippen LogP contribution in [-0.2, 0) is 9.59 Å². The van der Waals surface area contributed by atoms with E-state index >= 15 is 0 Å². The number of carbonyl (C=O) groups is 2. The first kappa shape index (κ1) is 11.9. The maximum atomic E-state index is 10.8. The maximum Gasteiger partial charge on any atom is 0.235 e. The molecule has 0 aromatic rings. The van der Waals surface area contributed by atoms with Crippen LogP contribution in [0.4, 0.5) is 0 Å². The van der Waals surface area contributed by atoms with E-state index in [9.17, 15) is 9.59 Å². The number of amides is 2. The molecule has 0 aliphatic heterocycles. The maximum absolute atomic E-state index is 10.8. The molecule has 0 saturated carbocycles. The lowest BCUT2D eigenvalue weighted by Crippen LogP contribution is -2.29. The Labute approximate surface area is 78.1 Å². The van der Waals surface area contributed by atoms with Crippen LogP contribution < -0.4 is 5.73 Å². The van der Waals surface area contributed by atoms with Crippen molar-refractivity contribution in [3.8, 4) is 0 Å². The molecule has 9 nitrogen and oxygen atoms in total. The van der Waals surface area contributed by atoms with E-state index in [0.717, 1.165) is 0 Å². The predicted octanol–water partition coefficient (Wildman–Crippen LogP) is 0.768. The second-order valence-electron chi connectivity index (χ2n) is 2.26. The predicted molar refractivity (Wildman–Crippen MR) is 45.5 cm³/mol. The normalized spacial score (nSPS) is 10.6. The van der Waals surface area contributed by atoms with Crippen molar-refractivity contribution in [3.05, 3.63) is 20.9 Å². The Morgan fingerprint density at radius 3 is 2.36 bits per heavy atom. The highest BCUT2D eigenvalue weighted by atomic mass is 16.2. The summed E-state index contributed by atoms with van der Waals surface area (Å²) in [6, 6.07) is -1.04. The highest BCUT2D eigenvalue weighted by Crippen LogP contribution is 1.99. The van der Waals surface area contributed by atoms with Crippen LogP contribution >= 0.6 is 0 Å². The van der Waals surface area contributed by atoms with E-state index in [0.29, 0.717) is 0 Å². The third kappa shape index (κ3) is 4.73. The van der Waals surface area contributed by atoms with E-state index in [2.05, 4.69) is 20.1 Å². The van der Waals surface area contributed by atoms with Crippen molar-refractivity contribution in [3.63, 3.8) is 0 Å². The van der Waals surface area contributed by atoms with Gasteiger partial charge in [-0.2, -0.15) is 0 Å². The van der Waals surface area contributed by atoms with Gasteiger partial charge in [0.15, 0.2) is 0 Å². The Balaban J connectivity index is 4.02. The molecular weight excluding hydrogens is 190 g/mol. The second-order valence-corrected chi connectivity index (χ2v) is 2.26. The molecule has 9 heteroatoms. The summed E-state index contributed by atoms with van der Waals surface area (Å²) in [6.45, 7) is 0. The van der Waals surface area contributed by atoms with Crippen LogP contribution in [-0.4, -0.2) is 17.9 Å². The zero-order valence-corrected chi connectivity index (χ0v) is 7.07. The molecule has 0 fully saturated rings. The van der Waals surface area contributed by atoms with Crippen molar-refractivity contribution >= 4 is 11.8 Å². The summed E-state index contributed by atoms with van der Waals surface area (Å²) < 4.78 is 0. The smallest absolute Gasteiger partial charge is 0.235 e. The molecule has 0 spiro atoms.